The lowest BCUT2D eigenvalue weighted by Crippen LogP contribution is -2.50. The van der Waals surface area contributed by atoms with Gasteiger partial charge in [0, 0.05) is 0 Å². The van der Waals surface area contributed by atoms with Crippen molar-refractivity contribution in [3.63, 3.8) is 0 Å². The van der Waals surface area contributed by atoms with E-state index in [2.05, 4.69) is 19.9 Å². The van der Waals surface area contributed by atoms with Crippen molar-refractivity contribution in [3.8, 4) is 0 Å². The van der Waals surface area contributed by atoms with Crippen molar-refractivity contribution in [1.29, 1.82) is 0 Å². The number of fused-ring (bicyclic) bond motifs is 5. The molecule has 4 aliphatic rings. The van der Waals surface area contributed by atoms with Crippen LogP contribution in [-0.2, 0) is 0 Å². The highest BCUT2D eigenvalue weighted by atomic mass is 19.1. The normalized spacial score (nSPS) is 46.0. The maximum Gasteiger partial charge on any atom is 0.118 e. The molecule has 3 heteroatoms. The molecule has 2 nitrogen and oxygen atoms in total. The van der Waals surface area contributed by atoms with Crippen LogP contribution in [0.15, 0.2) is 11.6 Å². The van der Waals surface area contributed by atoms with E-state index in [1.54, 1.807) is 0 Å². The third kappa shape index (κ3) is 3.70. The molecule has 0 aliphatic heterocycles. The molecule has 4 unspecified atom stereocenters. The van der Waals surface area contributed by atoms with Gasteiger partial charge in [0.2, 0.25) is 0 Å². The maximum absolute atomic E-state index is 13.4. The highest BCUT2D eigenvalue weighted by molar-refractivity contribution is 5.22. The Morgan fingerprint density at radius 2 is 1.90 bits per heavy atom. The number of rotatable bonds is 6. The summed E-state index contributed by atoms with van der Waals surface area (Å²) in [5.74, 6) is 2.91. The highest BCUT2D eigenvalue weighted by Gasteiger charge is 2.61. The van der Waals surface area contributed by atoms with Crippen LogP contribution in [0.25, 0.3) is 0 Å². The van der Waals surface area contributed by atoms with E-state index in [0.717, 1.165) is 43.4 Å². The zero-order valence-electron chi connectivity index (χ0n) is 19.9. The van der Waals surface area contributed by atoms with Crippen molar-refractivity contribution in [2.45, 2.75) is 116 Å². The molecule has 172 valence electrons. The van der Waals surface area contributed by atoms with Gasteiger partial charge in [0.15, 0.2) is 0 Å². The van der Waals surface area contributed by atoms with Gasteiger partial charge in [0.1, 0.15) is 6.67 Å². The largest absolute Gasteiger partial charge is 0.390 e. The summed E-state index contributed by atoms with van der Waals surface area (Å²) in [4.78, 5) is 0. The summed E-state index contributed by atoms with van der Waals surface area (Å²) in [7, 11) is 0. The summed E-state index contributed by atoms with van der Waals surface area (Å²) in [6, 6.07) is 0. The average Bonchev–Trinajstić information content (AvgIpc) is 2.99. The van der Waals surface area contributed by atoms with Gasteiger partial charge in [0.25, 0.3) is 0 Å². The number of aliphatic hydroxyl groups is 2. The van der Waals surface area contributed by atoms with Gasteiger partial charge in [-0.05, 0) is 119 Å². The highest BCUT2D eigenvalue weighted by Crippen LogP contribution is 2.70. The van der Waals surface area contributed by atoms with Crippen LogP contribution < -0.4 is 0 Å². The molecule has 0 spiro atoms. The molecule has 3 fully saturated rings. The van der Waals surface area contributed by atoms with Gasteiger partial charge < -0.3 is 10.2 Å². The second-order valence-electron chi connectivity index (χ2n) is 12.4. The third-order valence-electron chi connectivity index (χ3n) is 10.5. The lowest BCUT2D eigenvalue weighted by Gasteiger charge is -2.57. The minimum Gasteiger partial charge on any atom is -0.390 e. The Morgan fingerprint density at radius 3 is 2.57 bits per heavy atom. The smallest absolute Gasteiger partial charge is 0.118 e. The molecule has 0 aromatic rings. The third-order valence-corrected chi connectivity index (χ3v) is 10.5. The van der Waals surface area contributed by atoms with Gasteiger partial charge in [0.05, 0.1) is 11.2 Å². The molecule has 4 aliphatic carbocycles. The minimum absolute atomic E-state index is 0.419. The molecule has 4 rings (SSSR count). The first kappa shape index (κ1) is 22.8. The summed E-state index contributed by atoms with van der Waals surface area (Å²) in [6.45, 7) is 8.29. The van der Waals surface area contributed by atoms with Crippen molar-refractivity contribution >= 4 is 0 Å². The summed E-state index contributed by atoms with van der Waals surface area (Å²) in [6.07, 6.45) is 15.6. The number of hydrogen-bond donors (Lipinski definition) is 2. The zero-order valence-corrected chi connectivity index (χ0v) is 19.9. The number of alkyl halides is 1. The monoisotopic (exact) mass is 420 g/mol. The molecule has 0 radical (unpaired) electrons. The predicted octanol–water partition coefficient (Wildman–Crippen LogP) is 6.60. The van der Waals surface area contributed by atoms with Crippen molar-refractivity contribution < 1.29 is 14.6 Å². The van der Waals surface area contributed by atoms with E-state index >= 15 is 0 Å². The predicted molar refractivity (Wildman–Crippen MR) is 121 cm³/mol. The van der Waals surface area contributed by atoms with E-state index in [-0.39, 0.29) is 0 Å². The number of halogens is 1. The molecule has 2 N–H and O–H groups in total. The second kappa shape index (κ2) is 7.87. The molecular weight excluding hydrogens is 375 g/mol. The van der Waals surface area contributed by atoms with Gasteiger partial charge in [-0.3, -0.25) is 0 Å². The molecule has 0 bridgehead atoms. The van der Waals surface area contributed by atoms with E-state index in [1.165, 1.54) is 44.1 Å². The Balaban J connectivity index is 1.52. The molecule has 30 heavy (non-hydrogen) atoms. The Morgan fingerprint density at radius 1 is 1.13 bits per heavy atom. The first-order valence-corrected chi connectivity index (χ1v) is 12.8. The quantitative estimate of drug-likeness (QED) is 0.475. The molecule has 0 saturated heterocycles. The maximum atomic E-state index is 13.4. The van der Waals surface area contributed by atoms with Crippen molar-refractivity contribution in [3.05, 3.63) is 11.6 Å². The fraction of sp³-hybridized carbons (Fsp3) is 0.926. The molecule has 3 saturated carbocycles. The van der Waals surface area contributed by atoms with Gasteiger partial charge >= 0.3 is 0 Å². The van der Waals surface area contributed by atoms with Gasteiger partial charge in [-0.15, -0.1) is 0 Å². The van der Waals surface area contributed by atoms with Crippen molar-refractivity contribution in [2.75, 3.05) is 6.67 Å². The van der Waals surface area contributed by atoms with Gasteiger partial charge in [-0.1, -0.05) is 31.9 Å². The standard InChI is InChI=1S/C27H45FO2/c1-5-26(13-6-12-24(2,3)29)15-11-23-22-8-7-19-17-27(30,18-28)16-10-20(19)21(22)9-14-25(23,26)4/h7,20-23,29-30H,5-6,8-18H2,1-4H3/t20-,21?,22?,23?,25-,26?,27-/m0/s1. The van der Waals surface area contributed by atoms with Crippen molar-refractivity contribution in [1.82, 2.24) is 0 Å². The second-order valence-corrected chi connectivity index (χ2v) is 12.4. The van der Waals surface area contributed by atoms with E-state index in [0.29, 0.717) is 29.6 Å². The average molecular weight is 421 g/mol. The summed E-state index contributed by atoms with van der Waals surface area (Å²) < 4.78 is 13.4. The van der Waals surface area contributed by atoms with Crippen LogP contribution in [0.5, 0.6) is 0 Å². The van der Waals surface area contributed by atoms with Crippen molar-refractivity contribution in [2.24, 2.45) is 34.5 Å². The van der Waals surface area contributed by atoms with Crippen LogP contribution in [0.2, 0.25) is 0 Å². The minimum atomic E-state index is -1.09. The summed E-state index contributed by atoms with van der Waals surface area (Å²) in [5.41, 5.74) is 0.569. The van der Waals surface area contributed by atoms with E-state index in [1.807, 2.05) is 13.8 Å². The number of allylic oxidation sites excluding steroid dienone is 1. The Labute approximate surface area is 183 Å². The topological polar surface area (TPSA) is 40.5 Å². The molecule has 0 amide bonds. The van der Waals surface area contributed by atoms with Gasteiger partial charge in [-0.25, -0.2) is 4.39 Å². The van der Waals surface area contributed by atoms with Crippen LogP contribution in [0.3, 0.4) is 0 Å². The molecule has 0 aromatic carbocycles. The van der Waals surface area contributed by atoms with Gasteiger partial charge in [-0.2, -0.15) is 0 Å². The molecular formula is C27H45FO2. The Hall–Kier alpha value is -0.410. The first-order valence-electron chi connectivity index (χ1n) is 12.8. The van der Waals surface area contributed by atoms with Crippen LogP contribution in [0.1, 0.15) is 105 Å². The van der Waals surface area contributed by atoms with E-state index in [4.69, 9.17) is 0 Å². The lowest BCUT2D eigenvalue weighted by atomic mass is 9.48. The SMILES string of the molecule is CCC1(CCCC(C)(C)O)CCC2C3CC=C4C[C@](O)(CF)CC[C@@H]4C3CC[C@@]21C. The summed E-state index contributed by atoms with van der Waals surface area (Å²) >= 11 is 0. The summed E-state index contributed by atoms with van der Waals surface area (Å²) in [5, 5.41) is 20.7. The van der Waals surface area contributed by atoms with E-state index < -0.39 is 17.9 Å². The van der Waals surface area contributed by atoms with Crippen LogP contribution in [-0.4, -0.2) is 28.1 Å². The molecule has 0 heterocycles. The fourth-order valence-electron chi connectivity index (χ4n) is 8.73. The Bertz CT molecular complexity index is 666. The fourth-order valence-corrected chi connectivity index (χ4v) is 8.73. The van der Waals surface area contributed by atoms with Crippen LogP contribution >= 0.6 is 0 Å². The first-order chi connectivity index (χ1) is 14.1. The molecule has 0 aromatic heterocycles. The zero-order chi connectivity index (χ0) is 21.8. The Kier molecular flexibility index (Phi) is 5.97. The van der Waals surface area contributed by atoms with Crippen LogP contribution in [0.4, 0.5) is 4.39 Å². The van der Waals surface area contributed by atoms with E-state index in [9.17, 15) is 14.6 Å². The molecule has 7 atom stereocenters. The lowest BCUT2D eigenvalue weighted by molar-refractivity contribution is -0.0730. The number of hydrogen-bond acceptors (Lipinski definition) is 2. The van der Waals surface area contributed by atoms with Crippen LogP contribution in [0, 0.1) is 34.5 Å².